The van der Waals surface area contributed by atoms with Gasteiger partial charge in [0.25, 0.3) is 0 Å². The molecule has 0 aliphatic carbocycles. The van der Waals surface area contributed by atoms with E-state index in [-0.39, 0.29) is 0 Å². The van der Waals surface area contributed by atoms with Gasteiger partial charge in [0.15, 0.2) is 0 Å². The fourth-order valence-electron chi connectivity index (χ4n) is 5.54. The van der Waals surface area contributed by atoms with E-state index in [0.717, 1.165) is 37.9 Å². The van der Waals surface area contributed by atoms with Crippen molar-refractivity contribution in [2.24, 2.45) is 0 Å². The van der Waals surface area contributed by atoms with E-state index in [4.69, 9.17) is 9.47 Å². The van der Waals surface area contributed by atoms with Crippen molar-refractivity contribution in [3.63, 3.8) is 0 Å². The Kier molecular flexibility index (Phi) is 2.87. The minimum absolute atomic E-state index is 0.351. The molecule has 2 aliphatic rings. The first-order chi connectivity index (χ1) is 15.4. The third kappa shape index (κ3) is 1.78. The summed E-state index contributed by atoms with van der Waals surface area (Å²) in [4.78, 5) is 50.1. The molecule has 32 heavy (non-hydrogen) atoms. The Hall–Kier alpha value is -4.32. The monoisotopic (exact) mass is 420 g/mol. The highest BCUT2D eigenvalue weighted by Gasteiger charge is 2.34. The minimum atomic E-state index is -0.663. The van der Waals surface area contributed by atoms with Gasteiger partial charge in [-0.05, 0) is 81.6 Å². The molecule has 5 aromatic rings. The number of cyclic esters (lactones) is 4. The molecule has 0 N–H and O–H groups in total. The summed E-state index contributed by atoms with van der Waals surface area (Å²) in [6, 6.07) is 10.7. The van der Waals surface area contributed by atoms with Crippen LogP contribution in [0.3, 0.4) is 0 Å². The predicted octanol–water partition coefficient (Wildman–Crippen LogP) is 4.98. The Morgan fingerprint density at radius 1 is 0.500 bits per heavy atom. The van der Waals surface area contributed by atoms with Gasteiger partial charge in [-0.25, -0.2) is 19.2 Å². The fraction of sp³-hybridized carbons (Fsp3) is 0.0769. The molecule has 0 fully saturated rings. The Bertz CT molecular complexity index is 1800. The predicted molar refractivity (Wildman–Crippen MR) is 117 cm³/mol. The summed E-state index contributed by atoms with van der Waals surface area (Å²) >= 11 is 0. The lowest BCUT2D eigenvalue weighted by Gasteiger charge is -2.24. The lowest BCUT2D eigenvalue weighted by Crippen LogP contribution is -2.21. The second-order valence-corrected chi connectivity index (χ2v) is 8.41. The van der Waals surface area contributed by atoms with Gasteiger partial charge >= 0.3 is 23.9 Å². The number of hydrogen-bond acceptors (Lipinski definition) is 6. The van der Waals surface area contributed by atoms with E-state index < -0.39 is 23.9 Å². The molecule has 2 heterocycles. The molecule has 6 heteroatoms. The zero-order chi connectivity index (χ0) is 22.0. The Morgan fingerprint density at radius 2 is 1.12 bits per heavy atom. The highest BCUT2D eigenvalue weighted by atomic mass is 16.6. The van der Waals surface area contributed by atoms with E-state index in [1.165, 1.54) is 0 Å². The third-order valence-corrected chi connectivity index (χ3v) is 6.75. The standard InChI is InChI=1S/C26H12O6/c1-9-8-16-20-13(23(27)31-25(16)29)5-3-11-15-7-10(2)18-22-14(24(28)32-26(18)30)6-4-12(19(15)22)17(9)21(11)20/h3-8H,1-2H3. The van der Waals surface area contributed by atoms with Gasteiger partial charge in [-0.3, -0.25) is 0 Å². The van der Waals surface area contributed by atoms with Gasteiger partial charge in [0.1, 0.15) is 0 Å². The first-order valence-electron chi connectivity index (χ1n) is 10.1. The molecule has 0 saturated carbocycles. The van der Waals surface area contributed by atoms with Crippen LogP contribution in [0, 0.1) is 13.8 Å². The lowest BCUT2D eigenvalue weighted by molar-refractivity contribution is 0.0373. The number of carbonyl (C=O) groups is 4. The number of rotatable bonds is 0. The average Bonchev–Trinajstić information content (AvgIpc) is 2.75. The fourth-order valence-corrected chi connectivity index (χ4v) is 5.54. The van der Waals surface area contributed by atoms with Crippen molar-refractivity contribution in [1.29, 1.82) is 0 Å². The Labute approximate surface area is 179 Å². The van der Waals surface area contributed by atoms with Crippen LogP contribution in [0.25, 0.3) is 43.1 Å². The van der Waals surface area contributed by atoms with Crippen LogP contribution >= 0.6 is 0 Å². The first kappa shape index (κ1) is 17.4. The number of aryl methyl sites for hydroxylation is 2. The van der Waals surface area contributed by atoms with Crippen LogP contribution in [0.2, 0.25) is 0 Å². The van der Waals surface area contributed by atoms with Crippen molar-refractivity contribution in [3.05, 3.63) is 69.8 Å². The molecule has 6 nitrogen and oxygen atoms in total. The van der Waals surface area contributed by atoms with Crippen molar-refractivity contribution in [1.82, 2.24) is 0 Å². The van der Waals surface area contributed by atoms with Crippen LogP contribution in [-0.4, -0.2) is 23.9 Å². The van der Waals surface area contributed by atoms with Crippen LogP contribution in [-0.2, 0) is 9.47 Å². The molecule has 0 atom stereocenters. The number of benzene rings is 5. The molecule has 0 spiro atoms. The summed E-state index contributed by atoms with van der Waals surface area (Å²) in [7, 11) is 0. The van der Waals surface area contributed by atoms with E-state index >= 15 is 0 Å². The molecular formula is C26H12O6. The van der Waals surface area contributed by atoms with Crippen molar-refractivity contribution < 1.29 is 28.7 Å². The summed E-state index contributed by atoms with van der Waals surface area (Å²) < 4.78 is 9.92. The molecule has 0 aromatic heterocycles. The summed E-state index contributed by atoms with van der Waals surface area (Å²) in [6.45, 7) is 3.71. The SMILES string of the molecule is Cc1cc2c3ccc4c5c(cc(C)c(c6ccc7c(c1C(=O)OC7=O)c26)c53)C(=O)OC4=O. The largest absolute Gasteiger partial charge is 0.386 e. The van der Waals surface area contributed by atoms with Gasteiger partial charge in [0, 0.05) is 10.8 Å². The van der Waals surface area contributed by atoms with E-state index in [9.17, 15) is 19.2 Å². The summed E-state index contributed by atoms with van der Waals surface area (Å²) in [5, 5.41) is 6.20. The Balaban J connectivity index is 1.87. The third-order valence-electron chi connectivity index (χ3n) is 6.75. The second kappa shape index (κ2) is 5.29. The normalized spacial score (nSPS) is 15.3. The summed E-state index contributed by atoms with van der Waals surface area (Å²) in [5.74, 6) is -2.63. The molecular weight excluding hydrogens is 408 g/mol. The smallest absolute Gasteiger partial charge is 0.346 e. The maximum absolute atomic E-state index is 12.6. The highest BCUT2D eigenvalue weighted by molar-refractivity contribution is 6.40. The maximum atomic E-state index is 12.6. The van der Waals surface area contributed by atoms with E-state index in [1.54, 1.807) is 18.2 Å². The van der Waals surface area contributed by atoms with Crippen molar-refractivity contribution in [3.8, 4) is 0 Å². The topological polar surface area (TPSA) is 86.7 Å². The minimum Gasteiger partial charge on any atom is -0.386 e. The molecule has 0 radical (unpaired) electrons. The van der Waals surface area contributed by atoms with Crippen molar-refractivity contribution >= 4 is 67.0 Å². The van der Waals surface area contributed by atoms with E-state index in [1.807, 2.05) is 32.0 Å². The second-order valence-electron chi connectivity index (χ2n) is 8.41. The molecule has 0 unspecified atom stereocenters. The molecule has 0 saturated heterocycles. The van der Waals surface area contributed by atoms with Crippen LogP contribution in [0.4, 0.5) is 0 Å². The molecule has 7 rings (SSSR count). The number of carbonyl (C=O) groups excluding carboxylic acids is 4. The molecule has 2 aliphatic heterocycles. The zero-order valence-electron chi connectivity index (χ0n) is 16.9. The first-order valence-corrected chi connectivity index (χ1v) is 10.1. The zero-order valence-corrected chi connectivity index (χ0v) is 16.9. The molecule has 152 valence electrons. The number of fused-ring (bicyclic) bond motifs is 2. The van der Waals surface area contributed by atoms with Crippen LogP contribution in [0.1, 0.15) is 52.6 Å². The van der Waals surface area contributed by atoms with Crippen molar-refractivity contribution in [2.75, 3.05) is 0 Å². The molecule has 5 aromatic carbocycles. The van der Waals surface area contributed by atoms with Gasteiger partial charge in [0.2, 0.25) is 0 Å². The molecule has 0 amide bonds. The van der Waals surface area contributed by atoms with Gasteiger partial charge in [-0.15, -0.1) is 0 Å². The van der Waals surface area contributed by atoms with Gasteiger partial charge < -0.3 is 9.47 Å². The average molecular weight is 420 g/mol. The molecule has 0 bridgehead atoms. The van der Waals surface area contributed by atoms with E-state index in [0.29, 0.717) is 38.6 Å². The van der Waals surface area contributed by atoms with Crippen LogP contribution in [0.5, 0.6) is 0 Å². The van der Waals surface area contributed by atoms with Gasteiger partial charge in [-0.2, -0.15) is 0 Å². The quantitative estimate of drug-likeness (QED) is 0.152. The van der Waals surface area contributed by atoms with Gasteiger partial charge in [-0.1, -0.05) is 12.1 Å². The Morgan fingerprint density at radius 3 is 1.88 bits per heavy atom. The van der Waals surface area contributed by atoms with Crippen LogP contribution in [0.15, 0.2) is 36.4 Å². The van der Waals surface area contributed by atoms with Crippen molar-refractivity contribution in [2.45, 2.75) is 13.8 Å². The summed E-state index contributed by atoms with van der Waals surface area (Å²) in [6.07, 6.45) is 0. The highest BCUT2D eigenvalue weighted by Crippen LogP contribution is 2.47. The van der Waals surface area contributed by atoms with E-state index in [2.05, 4.69) is 0 Å². The maximum Gasteiger partial charge on any atom is 0.346 e. The van der Waals surface area contributed by atoms with Crippen LogP contribution < -0.4 is 0 Å². The van der Waals surface area contributed by atoms with Gasteiger partial charge in [0.05, 0.1) is 22.3 Å². The number of esters is 4. The summed E-state index contributed by atoms with van der Waals surface area (Å²) in [5.41, 5.74) is 3.00. The number of ether oxygens (including phenoxy) is 2. The number of hydrogen-bond donors (Lipinski definition) is 0. The lowest BCUT2D eigenvalue weighted by atomic mass is 9.81.